The summed E-state index contributed by atoms with van der Waals surface area (Å²) in [6, 6.07) is 15.7. The molecule has 1 heterocycles. The summed E-state index contributed by atoms with van der Waals surface area (Å²) in [4.78, 5) is 15.9. The number of amides is 1. The Kier molecular flexibility index (Phi) is 4.81. The lowest BCUT2D eigenvalue weighted by molar-refractivity contribution is -0.111. The summed E-state index contributed by atoms with van der Waals surface area (Å²) < 4.78 is 1.75. The minimum atomic E-state index is -0.153. The largest absolute Gasteiger partial charge is 0.323 e. The first-order valence-electron chi connectivity index (χ1n) is 7.66. The molecular weight excluding hydrogens is 300 g/mol. The van der Waals surface area contributed by atoms with E-state index in [1.165, 1.54) is 18.0 Å². The van der Waals surface area contributed by atoms with Crippen LogP contribution in [0.4, 0.5) is 5.69 Å². The molecule has 1 N–H and O–H groups in total. The lowest BCUT2D eigenvalue weighted by atomic mass is 10.1. The molecule has 120 valence electrons. The molecule has 0 bridgehead atoms. The van der Waals surface area contributed by atoms with Crippen LogP contribution in [0, 0.1) is 6.92 Å². The van der Waals surface area contributed by atoms with E-state index >= 15 is 0 Å². The summed E-state index contributed by atoms with van der Waals surface area (Å²) in [6.45, 7) is 2.69. The van der Waals surface area contributed by atoms with Crippen molar-refractivity contribution in [1.29, 1.82) is 0 Å². The number of carbonyl (C=O) groups is 1. The lowest BCUT2D eigenvalue weighted by Gasteiger charge is -2.05. The van der Waals surface area contributed by atoms with Gasteiger partial charge >= 0.3 is 0 Å². The summed E-state index contributed by atoms with van der Waals surface area (Å²) >= 11 is 0. The van der Waals surface area contributed by atoms with Crippen LogP contribution in [-0.2, 0) is 11.3 Å². The van der Waals surface area contributed by atoms with Crippen LogP contribution in [-0.4, -0.2) is 20.7 Å². The van der Waals surface area contributed by atoms with E-state index in [9.17, 15) is 4.79 Å². The highest BCUT2D eigenvalue weighted by Gasteiger charge is 2.00. The van der Waals surface area contributed by atoms with E-state index in [0.717, 1.165) is 16.8 Å². The molecule has 2 aromatic carbocycles. The van der Waals surface area contributed by atoms with Gasteiger partial charge in [-0.3, -0.25) is 4.79 Å². The first-order chi connectivity index (χ1) is 11.7. The number of hydrogen-bond acceptors (Lipinski definition) is 3. The Hall–Kier alpha value is -3.21. The Morgan fingerprint density at radius 2 is 1.88 bits per heavy atom. The highest BCUT2D eigenvalue weighted by Crippen LogP contribution is 2.11. The summed E-state index contributed by atoms with van der Waals surface area (Å²) in [6.07, 6.45) is 6.52. The van der Waals surface area contributed by atoms with E-state index < -0.39 is 0 Å². The zero-order chi connectivity index (χ0) is 16.8. The molecule has 24 heavy (non-hydrogen) atoms. The monoisotopic (exact) mass is 318 g/mol. The van der Waals surface area contributed by atoms with Gasteiger partial charge in [0.25, 0.3) is 0 Å². The van der Waals surface area contributed by atoms with Gasteiger partial charge in [0, 0.05) is 11.8 Å². The predicted octanol–water partition coefficient (Wildman–Crippen LogP) is 3.29. The van der Waals surface area contributed by atoms with Crippen LogP contribution < -0.4 is 5.32 Å². The zero-order valence-electron chi connectivity index (χ0n) is 13.4. The summed E-state index contributed by atoms with van der Waals surface area (Å²) in [5.41, 5.74) is 4.05. The maximum Gasteiger partial charge on any atom is 0.248 e. The molecule has 0 radical (unpaired) electrons. The van der Waals surface area contributed by atoms with Crippen molar-refractivity contribution >= 4 is 17.7 Å². The lowest BCUT2D eigenvalue weighted by Crippen LogP contribution is -2.08. The molecule has 3 aromatic rings. The number of anilines is 1. The number of rotatable bonds is 5. The van der Waals surface area contributed by atoms with Crippen molar-refractivity contribution in [3.05, 3.63) is 84.0 Å². The number of aromatic nitrogens is 3. The minimum absolute atomic E-state index is 0.153. The van der Waals surface area contributed by atoms with Crippen molar-refractivity contribution in [1.82, 2.24) is 14.8 Å². The second-order valence-corrected chi connectivity index (χ2v) is 5.52. The van der Waals surface area contributed by atoms with Crippen molar-refractivity contribution < 1.29 is 4.79 Å². The van der Waals surface area contributed by atoms with Crippen LogP contribution in [0.2, 0.25) is 0 Å². The van der Waals surface area contributed by atoms with Crippen LogP contribution in [0.5, 0.6) is 0 Å². The Labute approximate surface area is 140 Å². The standard InChI is InChI=1S/C19H18N4O/c1-15-2-4-16(5-3-15)8-11-19(24)22-18-9-6-17(7-10-18)12-23-14-20-13-21-23/h2-11,13-14H,12H2,1H3,(H,22,24)/b11-8+. The molecule has 5 nitrogen and oxygen atoms in total. The Bertz CT molecular complexity index is 819. The molecular formula is C19H18N4O. The molecule has 0 saturated heterocycles. The molecule has 3 rings (SSSR count). The Morgan fingerprint density at radius 1 is 1.12 bits per heavy atom. The first-order valence-corrected chi connectivity index (χ1v) is 7.66. The van der Waals surface area contributed by atoms with Crippen molar-refractivity contribution in [2.45, 2.75) is 13.5 Å². The fourth-order valence-electron chi connectivity index (χ4n) is 2.23. The maximum absolute atomic E-state index is 12.0. The van der Waals surface area contributed by atoms with Gasteiger partial charge < -0.3 is 5.32 Å². The van der Waals surface area contributed by atoms with Crippen LogP contribution in [0.25, 0.3) is 6.08 Å². The van der Waals surface area contributed by atoms with Gasteiger partial charge in [-0.1, -0.05) is 42.0 Å². The van der Waals surface area contributed by atoms with Crippen LogP contribution >= 0.6 is 0 Å². The predicted molar refractivity (Wildman–Crippen MR) is 94.4 cm³/mol. The third-order valence-corrected chi connectivity index (χ3v) is 3.54. The molecule has 5 heteroatoms. The molecule has 0 fully saturated rings. The number of nitrogens with zero attached hydrogens (tertiary/aromatic N) is 3. The van der Waals surface area contributed by atoms with Gasteiger partial charge in [-0.05, 0) is 36.3 Å². The second kappa shape index (κ2) is 7.37. The molecule has 0 spiro atoms. The zero-order valence-corrected chi connectivity index (χ0v) is 13.4. The SMILES string of the molecule is Cc1ccc(/C=C/C(=O)Nc2ccc(Cn3cncn3)cc2)cc1. The van der Waals surface area contributed by atoms with E-state index in [-0.39, 0.29) is 5.91 Å². The van der Waals surface area contributed by atoms with Gasteiger partial charge in [-0.2, -0.15) is 5.10 Å². The Balaban J connectivity index is 1.57. The fraction of sp³-hybridized carbons (Fsp3) is 0.105. The molecule has 1 amide bonds. The highest BCUT2D eigenvalue weighted by atomic mass is 16.1. The number of carbonyl (C=O) groups excluding carboxylic acids is 1. The summed E-state index contributed by atoms with van der Waals surface area (Å²) in [5, 5.41) is 6.92. The van der Waals surface area contributed by atoms with Crippen molar-refractivity contribution in [3.8, 4) is 0 Å². The van der Waals surface area contributed by atoms with Gasteiger partial charge in [0.1, 0.15) is 12.7 Å². The topological polar surface area (TPSA) is 59.8 Å². The molecule has 0 saturated carbocycles. The van der Waals surface area contributed by atoms with Crippen LogP contribution in [0.15, 0.2) is 67.3 Å². The molecule has 0 unspecified atom stereocenters. The second-order valence-electron chi connectivity index (χ2n) is 5.52. The molecule has 1 aromatic heterocycles. The average molecular weight is 318 g/mol. The molecule has 0 aliphatic rings. The Morgan fingerprint density at radius 3 is 2.54 bits per heavy atom. The van der Waals surface area contributed by atoms with E-state index in [4.69, 9.17) is 0 Å². The molecule has 0 aliphatic heterocycles. The van der Waals surface area contributed by atoms with Crippen LogP contribution in [0.1, 0.15) is 16.7 Å². The first kappa shape index (κ1) is 15.7. The van der Waals surface area contributed by atoms with Crippen molar-refractivity contribution in [2.24, 2.45) is 0 Å². The van der Waals surface area contributed by atoms with Crippen molar-refractivity contribution in [3.63, 3.8) is 0 Å². The molecule has 0 atom stereocenters. The number of benzene rings is 2. The van der Waals surface area contributed by atoms with Gasteiger partial charge in [0.15, 0.2) is 0 Å². The van der Waals surface area contributed by atoms with Gasteiger partial charge in [0.2, 0.25) is 5.91 Å². The number of hydrogen-bond donors (Lipinski definition) is 1. The summed E-state index contributed by atoms with van der Waals surface area (Å²) in [7, 11) is 0. The third-order valence-electron chi connectivity index (χ3n) is 3.54. The van der Waals surface area contributed by atoms with E-state index in [1.807, 2.05) is 55.5 Å². The summed E-state index contributed by atoms with van der Waals surface area (Å²) in [5.74, 6) is -0.153. The number of aryl methyl sites for hydroxylation is 1. The maximum atomic E-state index is 12.0. The van der Waals surface area contributed by atoms with Gasteiger partial charge in [-0.25, -0.2) is 9.67 Å². The van der Waals surface area contributed by atoms with Crippen molar-refractivity contribution in [2.75, 3.05) is 5.32 Å². The third kappa shape index (κ3) is 4.39. The average Bonchev–Trinajstić information content (AvgIpc) is 3.09. The van der Waals surface area contributed by atoms with E-state index in [2.05, 4.69) is 15.4 Å². The minimum Gasteiger partial charge on any atom is -0.323 e. The smallest absolute Gasteiger partial charge is 0.248 e. The van der Waals surface area contributed by atoms with E-state index in [0.29, 0.717) is 6.54 Å². The normalized spacial score (nSPS) is 10.9. The van der Waals surface area contributed by atoms with Crippen LogP contribution in [0.3, 0.4) is 0 Å². The van der Waals surface area contributed by atoms with Gasteiger partial charge in [-0.15, -0.1) is 0 Å². The number of nitrogens with one attached hydrogen (secondary N) is 1. The molecule has 0 aliphatic carbocycles. The quantitative estimate of drug-likeness (QED) is 0.734. The van der Waals surface area contributed by atoms with Gasteiger partial charge in [0.05, 0.1) is 6.54 Å². The highest BCUT2D eigenvalue weighted by molar-refractivity contribution is 6.01. The fourth-order valence-corrected chi connectivity index (χ4v) is 2.23. The van der Waals surface area contributed by atoms with E-state index in [1.54, 1.807) is 17.1 Å².